The fraction of sp³-hybridized carbons (Fsp3) is 0.0556. The molecule has 0 spiro atoms. The zero-order valence-electron chi connectivity index (χ0n) is 12.8. The molecule has 0 amide bonds. The Hall–Kier alpha value is -3.37. The topological polar surface area (TPSA) is 96.9 Å². The van der Waals surface area contributed by atoms with Crippen LogP contribution in [0.25, 0.3) is 11.3 Å². The summed E-state index contributed by atoms with van der Waals surface area (Å²) in [4.78, 5) is 27.3. The molecule has 0 bridgehead atoms. The molecule has 6 nitrogen and oxygen atoms in total. The first-order valence-corrected chi connectivity index (χ1v) is 8.17. The highest BCUT2D eigenvalue weighted by Crippen LogP contribution is 2.29. The molecule has 0 saturated carbocycles. The molecule has 1 unspecified atom stereocenters. The van der Waals surface area contributed by atoms with E-state index in [1.54, 1.807) is 5.38 Å². The third kappa shape index (κ3) is 3.44. The number of nitro benzene ring substituents is 1. The Morgan fingerprint density at radius 1 is 1.20 bits per heavy atom. The van der Waals surface area contributed by atoms with Crippen LogP contribution >= 0.6 is 11.3 Å². The van der Waals surface area contributed by atoms with Gasteiger partial charge in [-0.1, -0.05) is 42.5 Å². The summed E-state index contributed by atoms with van der Waals surface area (Å²) < 4.78 is 0. The molecule has 1 atom stereocenters. The first-order valence-electron chi connectivity index (χ1n) is 7.29. The van der Waals surface area contributed by atoms with Gasteiger partial charge in [0.2, 0.25) is 0 Å². The van der Waals surface area contributed by atoms with Crippen LogP contribution in [0, 0.1) is 21.4 Å². The fourth-order valence-corrected chi connectivity index (χ4v) is 3.20. The van der Waals surface area contributed by atoms with Crippen LogP contribution in [0.4, 0.5) is 5.69 Å². The number of thiazole rings is 1. The monoisotopic (exact) mass is 349 g/mol. The van der Waals surface area contributed by atoms with Crippen LogP contribution in [-0.2, 0) is 0 Å². The quantitative estimate of drug-likeness (QED) is 0.390. The normalized spacial score (nSPS) is 11.5. The minimum atomic E-state index is -1.09. The van der Waals surface area contributed by atoms with Crippen LogP contribution in [-0.4, -0.2) is 15.7 Å². The summed E-state index contributed by atoms with van der Waals surface area (Å²) in [5.41, 5.74) is 1.51. The van der Waals surface area contributed by atoms with Crippen molar-refractivity contribution >= 4 is 22.8 Å². The molecule has 2 aromatic carbocycles. The zero-order chi connectivity index (χ0) is 17.8. The summed E-state index contributed by atoms with van der Waals surface area (Å²) in [6.45, 7) is 0. The summed E-state index contributed by atoms with van der Waals surface area (Å²) in [6, 6.07) is 16.8. The Labute approximate surface area is 147 Å². The van der Waals surface area contributed by atoms with Crippen LogP contribution in [0.1, 0.15) is 21.3 Å². The Bertz CT molecular complexity index is 976. The van der Waals surface area contributed by atoms with Crippen molar-refractivity contribution < 1.29 is 9.72 Å². The van der Waals surface area contributed by atoms with Gasteiger partial charge in [-0.2, -0.15) is 5.26 Å². The number of benzene rings is 2. The standard InChI is InChI=1S/C18H11N3O3S/c19-10-15(17(22)13-7-4-8-14(9-13)21(23)24)18-20-16(11-25-18)12-5-2-1-3-6-12/h1-9,11,15H. The Balaban J connectivity index is 1.92. The number of aromatic nitrogens is 1. The summed E-state index contributed by atoms with van der Waals surface area (Å²) >= 11 is 1.22. The van der Waals surface area contributed by atoms with Crippen LogP contribution < -0.4 is 0 Å². The van der Waals surface area contributed by atoms with Crippen molar-refractivity contribution in [3.8, 4) is 17.3 Å². The molecule has 7 heteroatoms. The molecule has 122 valence electrons. The van der Waals surface area contributed by atoms with E-state index in [-0.39, 0.29) is 11.3 Å². The maximum Gasteiger partial charge on any atom is 0.270 e. The fourth-order valence-electron chi connectivity index (χ4n) is 2.33. The number of Topliss-reactive ketones (excluding diaryl/α,β-unsaturated/α-hetero) is 1. The number of ketones is 1. The number of nitrogens with zero attached hydrogens (tertiary/aromatic N) is 3. The highest BCUT2D eigenvalue weighted by atomic mass is 32.1. The molecular formula is C18H11N3O3S. The molecule has 0 fully saturated rings. The molecule has 0 aliphatic heterocycles. The van der Waals surface area contributed by atoms with E-state index in [4.69, 9.17) is 0 Å². The third-order valence-electron chi connectivity index (χ3n) is 3.57. The van der Waals surface area contributed by atoms with Gasteiger partial charge >= 0.3 is 0 Å². The lowest BCUT2D eigenvalue weighted by Gasteiger charge is -2.05. The van der Waals surface area contributed by atoms with Crippen molar-refractivity contribution in [3.05, 3.63) is 80.7 Å². The van der Waals surface area contributed by atoms with E-state index in [1.807, 2.05) is 36.4 Å². The first-order chi connectivity index (χ1) is 12.1. The first kappa shape index (κ1) is 16.5. The van der Waals surface area contributed by atoms with Crippen LogP contribution in [0.3, 0.4) is 0 Å². The second-order valence-corrected chi connectivity index (χ2v) is 6.06. The van der Waals surface area contributed by atoms with Crippen LogP contribution in [0.15, 0.2) is 60.0 Å². The molecule has 0 N–H and O–H groups in total. The molecular weight excluding hydrogens is 338 g/mol. The van der Waals surface area contributed by atoms with Crippen molar-refractivity contribution in [2.24, 2.45) is 0 Å². The van der Waals surface area contributed by atoms with Crippen molar-refractivity contribution in [2.75, 3.05) is 0 Å². The van der Waals surface area contributed by atoms with Gasteiger partial charge in [0.1, 0.15) is 5.01 Å². The van der Waals surface area contributed by atoms with E-state index in [2.05, 4.69) is 4.98 Å². The highest BCUT2D eigenvalue weighted by Gasteiger charge is 2.26. The molecule has 0 aliphatic rings. The summed E-state index contributed by atoms with van der Waals surface area (Å²) in [7, 11) is 0. The van der Waals surface area contributed by atoms with E-state index >= 15 is 0 Å². The number of nitro groups is 1. The number of carbonyl (C=O) groups excluding carboxylic acids is 1. The van der Waals surface area contributed by atoms with E-state index in [0.717, 1.165) is 5.56 Å². The number of carbonyl (C=O) groups is 1. The van der Waals surface area contributed by atoms with Gasteiger partial charge in [-0.3, -0.25) is 14.9 Å². The second kappa shape index (κ2) is 7.03. The molecule has 0 saturated heterocycles. The highest BCUT2D eigenvalue weighted by molar-refractivity contribution is 7.10. The number of non-ortho nitro benzene ring substituents is 1. The lowest BCUT2D eigenvalue weighted by Crippen LogP contribution is -2.11. The maximum atomic E-state index is 12.6. The van der Waals surface area contributed by atoms with Crippen molar-refractivity contribution in [1.29, 1.82) is 5.26 Å². The predicted molar refractivity (Wildman–Crippen MR) is 93.3 cm³/mol. The van der Waals surface area contributed by atoms with E-state index < -0.39 is 16.6 Å². The van der Waals surface area contributed by atoms with Crippen molar-refractivity contribution in [1.82, 2.24) is 4.98 Å². The molecule has 0 aliphatic carbocycles. The van der Waals surface area contributed by atoms with Crippen molar-refractivity contribution in [2.45, 2.75) is 5.92 Å². The van der Waals surface area contributed by atoms with E-state index in [9.17, 15) is 20.2 Å². The minimum absolute atomic E-state index is 0.122. The van der Waals surface area contributed by atoms with Crippen molar-refractivity contribution in [3.63, 3.8) is 0 Å². The number of rotatable bonds is 5. The molecule has 25 heavy (non-hydrogen) atoms. The number of hydrogen-bond acceptors (Lipinski definition) is 6. The van der Waals surface area contributed by atoms with Gasteiger partial charge in [0.25, 0.3) is 5.69 Å². The molecule has 1 aromatic heterocycles. The predicted octanol–water partition coefficient (Wildman–Crippen LogP) is 4.21. The smallest absolute Gasteiger partial charge is 0.270 e. The van der Waals surface area contributed by atoms with Gasteiger partial charge in [-0.15, -0.1) is 11.3 Å². The van der Waals surface area contributed by atoms with Crippen LogP contribution in [0.2, 0.25) is 0 Å². The molecule has 3 rings (SSSR count). The Morgan fingerprint density at radius 2 is 1.96 bits per heavy atom. The van der Waals surface area contributed by atoms with Gasteiger partial charge in [0.15, 0.2) is 11.7 Å². The lowest BCUT2D eigenvalue weighted by atomic mass is 9.99. The SMILES string of the molecule is N#CC(C(=O)c1cccc([N+](=O)[O-])c1)c1nc(-c2ccccc2)cs1. The molecule has 3 aromatic rings. The average Bonchev–Trinajstić information content (AvgIpc) is 3.13. The summed E-state index contributed by atoms with van der Waals surface area (Å²) in [5.74, 6) is -1.59. The van der Waals surface area contributed by atoms with Gasteiger partial charge in [-0.25, -0.2) is 4.98 Å². The molecule has 1 heterocycles. The van der Waals surface area contributed by atoms with Gasteiger partial charge in [-0.05, 0) is 0 Å². The third-order valence-corrected chi connectivity index (χ3v) is 4.48. The number of nitriles is 1. The molecule has 0 radical (unpaired) electrons. The maximum absolute atomic E-state index is 12.6. The zero-order valence-corrected chi connectivity index (χ0v) is 13.6. The van der Waals surface area contributed by atoms with E-state index in [0.29, 0.717) is 10.7 Å². The second-order valence-electron chi connectivity index (χ2n) is 5.17. The number of hydrogen-bond donors (Lipinski definition) is 0. The average molecular weight is 349 g/mol. The minimum Gasteiger partial charge on any atom is -0.292 e. The lowest BCUT2D eigenvalue weighted by molar-refractivity contribution is -0.384. The van der Waals surface area contributed by atoms with Gasteiger partial charge in [0, 0.05) is 28.6 Å². The van der Waals surface area contributed by atoms with Gasteiger partial charge < -0.3 is 0 Å². The largest absolute Gasteiger partial charge is 0.292 e. The van der Waals surface area contributed by atoms with Gasteiger partial charge in [0.05, 0.1) is 16.7 Å². The van der Waals surface area contributed by atoms with Crippen LogP contribution in [0.5, 0.6) is 0 Å². The summed E-state index contributed by atoms with van der Waals surface area (Å²) in [5, 5.41) is 22.5. The Morgan fingerprint density at radius 3 is 2.64 bits per heavy atom. The Kier molecular flexibility index (Phi) is 4.64. The van der Waals surface area contributed by atoms with E-state index in [1.165, 1.54) is 35.6 Å². The summed E-state index contributed by atoms with van der Waals surface area (Å²) in [6.07, 6.45) is 0.